The smallest absolute Gasteiger partial charge is 0.0714 e. The lowest BCUT2D eigenvalue weighted by Crippen LogP contribution is -2.28. The van der Waals surface area contributed by atoms with E-state index in [4.69, 9.17) is 0 Å². The summed E-state index contributed by atoms with van der Waals surface area (Å²) in [7, 11) is 0. The van der Waals surface area contributed by atoms with Gasteiger partial charge in [0.25, 0.3) is 0 Å². The van der Waals surface area contributed by atoms with Gasteiger partial charge in [-0.25, -0.2) is 0 Å². The number of benzene rings is 11. The molecule has 0 aromatic heterocycles. The largest absolute Gasteiger partial charge is 0.309 e. The fraction of sp³-hybridized carbons (Fsp3) is 0.0154. The van der Waals surface area contributed by atoms with Gasteiger partial charge in [0.05, 0.1) is 16.8 Å². The van der Waals surface area contributed by atoms with Crippen molar-refractivity contribution in [2.45, 2.75) is 5.41 Å². The fourth-order valence-electron chi connectivity index (χ4n) is 10.6. The van der Waals surface area contributed by atoms with E-state index in [2.05, 4.69) is 278 Å². The second kappa shape index (κ2) is 16.6. The molecule has 0 N–H and O–H groups in total. The average Bonchev–Trinajstić information content (AvgIpc) is 3.71. The summed E-state index contributed by atoms with van der Waals surface area (Å²) < 4.78 is 0. The summed E-state index contributed by atoms with van der Waals surface area (Å²) in [5.74, 6) is 0. The number of nitrogens with zero attached hydrogens (tertiary/aromatic N) is 1. The van der Waals surface area contributed by atoms with Crippen LogP contribution in [0.15, 0.2) is 273 Å². The molecule has 66 heavy (non-hydrogen) atoms. The fourth-order valence-corrected chi connectivity index (χ4v) is 10.6. The summed E-state index contributed by atoms with van der Waals surface area (Å²) in [6.45, 7) is 0. The molecule has 310 valence electrons. The van der Waals surface area contributed by atoms with Gasteiger partial charge < -0.3 is 4.90 Å². The Morgan fingerprint density at radius 2 is 0.758 bits per heavy atom. The molecule has 1 nitrogen and oxygen atoms in total. The predicted octanol–water partition coefficient (Wildman–Crippen LogP) is 17.3. The van der Waals surface area contributed by atoms with Gasteiger partial charge in [0.1, 0.15) is 0 Å². The Hall–Kier alpha value is -8.52. The molecule has 0 spiro atoms. The van der Waals surface area contributed by atoms with Gasteiger partial charge >= 0.3 is 0 Å². The highest BCUT2D eigenvalue weighted by Gasteiger charge is 2.47. The molecule has 0 fully saturated rings. The molecule has 0 saturated carbocycles. The van der Waals surface area contributed by atoms with Gasteiger partial charge in [-0.05, 0) is 108 Å². The maximum absolute atomic E-state index is 2.51. The summed E-state index contributed by atoms with van der Waals surface area (Å²) in [5.41, 5.74) is 19.8. The van der Waals surface area contributed by atoms with Crippen LogP contribution in [0.5, 0.6) is 0 Å². The highest BCUT2D eigenvalue weighted by molar-refractivity contribution is 6.00. The maximum atomic E-state index is 2.51. The van der Waals surface area contributed by atoms with Gasteiger partial charge in [-0.2, -0.15) is 0 Å². The molecular weight excluding hydrogens is 795 g/mol. The third kappa shape index (κ3) is 6.56. The van der Waals surface area contributed by atoms with Crippen LogP contribution < -0.4 is 4.90 Å². The molecule has 12 rings (SSSR count). The SMILES string of the molecule is c1ccc(-c2cccc(-c3ccccc3N(c3cccc(-c4ccc(-c5cccc6ccccc56)cc4)c3)c3cccc4c3-c3ccccc3C4(c3ccccc3)c3ccccc3)c2)cc1. The molecule has 1 aliphatic rings. The van der Waals surface area contributed by atoms with E-state index in [1.54, 1.807) is 0 Å². The van der Waals surface area contributed by atoms with E-state index < -0.39 is 5.41 Å². The summed E-state index contributed by atoms with van der Waals surface area (Å²) in [6, 6.07) is 100. The van der Waals surface area contributed by atoms with Crippen LogP contribution >= 0.6 is 0 Å². The minimum Gasteiger partial charge on any atom is -0.309 e. The van der Waals surface area contributed by atoms with E-state index in [0.29, 0.717) is 0 Å². The Morgan fingerprint density at radius 3 is 1.53 bits per heavy atom. The first kappa shape index (κ1) is 39.1. The van der Waals surface area contributed by atoms with Gasteiger partial charge in [0, 0.05) is 16.8 Å². The lowest BCUT2D eigenvalue weighted by atomic mass is 9.68. The number of hydrogen-bond acceptors (Lipinski definition) is 1. The van der Waals surface area contributed by atoms with Gasteiger partial charge in [-0.1, -0.05) is 243 Å². The molecule has 0 atom stereocenters. The molecule has 0 amide bonds. The third-order valence-electron chi connectivity index (χ3n) is 13.6. The molecule has 0 unspecified atom stereocenters. The zero-order valence-electron chi connectivity index (χ0n) is 36.4. The van der Waals surface area contributed by atoms with Crippen LogP contribution in [0.1, 0.15) is 22.3 Å². The van der Waals surface area contributed by atoms with Crippen LogP contribution in [0.3, 0.4) is 0 Å². The first-order valence-corrected chi connectivity index (χ1v) is 22.8. The van der Waals surface area contributed by atoms with Gasteiger partial charge in [0.15, 0.2) is 0 Å². The van der Waals surface area contributed by atoms with E-state index in [-0.39, 0.29) is 0 Å². The summed E-state index contributed by atoms with van der Waals surface area (Å²) >= 11 is 0. The molecule has 0 aliphatic heterocycles. The number of anilines is 3. The Labute approximate surface area is 387 Å². The van der Waals surface area contributed by atoms with Crippen molar-refractivity contribution in [1.82, 2.24) is 0 Å². The van der Waals surface area contributed by atoms with E-state index >= 15 is 0 Å². The van der Waals surface area contributed by atoms with Crippen LogP contribution in [-0.2, 0) is 5.41 Å². The van der Waals surface area contributed by atoms with Crippen molar-refractivity contribution >= 4 is 27.8 Å². The van der Waals surface area contributed by atoms with Crippen molar-refractivity contribution < 1.29 is 0 Å². The predicted molar refractivity (Wildman–Crippen MR) is 278 cm³/mol. The molecule has 0 saturated heterocycles. The highest BCUT2D eigenvalue weighted by atomic mass is 15.1. The molecule has 0 heterocycles. The van der Waals surface area contributed by atoms with Crippen LogP contribution in [0.25, 0.3) is 66.4 Å². The first-order chi connectivity index (χ1) is 32.8. The number of hydrogen-bond donors (Lipinski definition) is 0. The van der Waals surface area contributed by atoms with Crippen molar-refractivity contribution in [2.75, 3.05) is 4.90 Å². The summed E-state index contributed by atoms with van der Waals surface area (Å²) in [5, 5.41) is 2.51. The van der Waals surface area contributed by atoms with Crippen molar-refractivity contribution in [2.24, 2.45) is 0 Å². The van der Waals surface area contributed by atoms with Crippen LogP contribution in [0.4, 0.5) is 17.1 Å². The minimum absolute atomic E-state index is 0.534. The van der Waals surface area contributed by atoms with Gasteiger partial charge in [0.2, 0.25) is 0 Å². The van der Waals surface area contributed by atoms with Crippen molar-refractivity contribution in [3.05, 3.63) is 295 Å². The highest BCUT2D eigenvalue weighted by Crippen LogP contribution is 2.60. The molecule has 0 bridgehead atoms. The van der Waals surface area contributed by atoms with Gasteiger partial charge in [-0.3, -0.25) is 0 Å². The molecule has 1 aliphatic carbocycles. The Balaban J connectivity index is 1.08. The monoisotopic (exact) mass is 839 g/mol. The van der Waals surface area contributed by atoms with Crippen LogP contribution in [0.2, 0.25) is 0 Å². The Morgan fingerprint density at radius 1 is 0.273 bits per heavy atom. The Bertz CT molecular complexity index is 3470. The molecule has 1 heteroatoms. The number of fused-ring (bicyclic) bond motifs is 4. The third-order valence-corrected chi connectivity index (χ3v) is 13.6. The Kier molecular flexibility index (Phi) is 9.81. The number of para-hydroxylation sites is 1. The second-order valence-electron chi connectivity index (χ2n) is 17.2. The topological polar surface area (TPSA) is 3.24 Å². The minimum atomic E-state index is -0.534. The lowest BCUT2D eigenvalue weighted by molar-refractivity contribution is 0.768. The molecule has 0 radical (unpaired) electrons. The van der Waals surface area contributed by atoms with E-state index in [9.17, 15) is 0 Å². The van der Waals surface area contributed by atoms with Crippen molar-refractivity contribution in [3.8, 4) is 55.6 Å². The summed E-state index contributed by atoms with van der Waals surface area (Å²) in [4.78, 5) is 2.51. The van der Waals surface area contributed by atoms with Gasteiger partial charge in [-0.15, -0.1) is 0 Å². The lowest BCUT2D eigenvalue weighted by Gasteiger charge is -2.34. The zero-order valence-corrected chi connectivity index (χ0v) is 36.4. The normalized spacial score (nSPS) is 12.4. The van der Waals surface area contributed by atoms with E-state index in [1.807, 2.05) is 0 Å². The van der Waals surface area contributed by atoms with E-state index in [1.165, 1.54) is 72.0 Å². The zero-order chi connectivity index (χ0) is 43.9. The maximum Gasteiger partial charge on any atom is 0.0714 e. The first-order valence-electron chi connectivity index (χ1n) is 22.8. The molecular formula is C65H45N. The van der Waals surface area contributed by atoms with Crippen molar-refractivity contribution in [1.29, 1.82) is 0 Å². The quantitative estimate of drug-likeness (QED) is 0.140. The van der Waals surface area contributed by atoms with Crippen LogP contribution in [0, 0.1) is 0 Å². The number of rotatable bonds is 9. The van der Waals surface area contributed by atoms with E-state index in [0.717, 1.165) is 33.8 Å². The second-order valence-corrected chi connectivity index (χ2v) is 17.2. The van der Waals surface area contributed by atoms with Crippen LogP contribution in [-0.4, -0.2) is 0 Å². The summed E-state index contributed by atoms with van der Waals surface area (Å²) in [6.07, 6.45) is 0. The van der Waals surface area contributed by atoms with Crippen molar-refractivity contribution in [3.63, 3.8) is 0 Å². The standard InChI is InChI=1S/C65H45N/c1-4-20-46(21-5-1)50-24-16-26-52(44-50)58-33-13-15-38-62(58)66(55-31-17-25-51(45-55)47-40-42-49(43-41-47)57-35-18-23-48-22-10-11-32-56(48)57)63-39-19-37-61-64(63)59-34-12-14-36-60(59)65(61,53-27-6-2-7-28-53)54-29-8-3-9-30-54/h1-45H. The molecule has 11 aromatic carbocycles. The molecule has 11 aromatic rings. The average molecular weight is 840 g/mol.